The van der Waals surface area contributed by atoms with Crippen LogP contribution in [0.1, 0.15) is 34.9 Å². The predicted octanol–water partition coefficient (Wildman–Crippen LogP) is 3.89. The molecule has 0 amide bonds. The van der Waals surface area contributed by atoms with Gasteiger partial charge in [0.05, 0.1) is 15.6 Å². The fraction of sp³-hybridized carbons (Fsp3) is 0.227. The van der Waals surface area contributed by atoms with E-state index >= 15 is 0 Å². The van der Waals surface area contributed by atoms with Gasteiger partial charge in [0, 0.05) is 37.0 Å². The van der Waals surface area contributed by atoms with Crippen molar-refractivity contribution < 1.29 is 4.79 Å². The van der Waals surface area contributed by atoms with E-state index in [1.54, 1.807) is 29.0 Å². The van der Waals surface area contributed by atoms with Gasteiger partial charge in [0.2, 0.25) is 5.78 Å². The van der Waals surface area contributed by atoms with Gasteiger partial charge in [0.15, 0.2) is 5.65 Å². The summed E-state index contributed by atoms with van der Waals surface area (Å²) in [6, 6.07) is 10.2. The minimum Gasteiger partial charge on any atom is -0.356 e. The van der Waals surface area contributed by atoms with Gasteiger partial charge in [0.25, 0.3) is 0 Å². The standard InChI is InChI=1S/C22H18Cl2N6O2/c23-15-4-3-13(10-16(15)24)20(31)17-11-19(27-12-26-17)29-8-5-14(6-9-29)30-18-2-1-7-25-21(18)28-22(30)32/h1-4,7,10-12,14H,5-6,8-9H2,(H,25,28,32). The van der Waals surface area contributed by atoms with Crippen molar-refractivity contribution in [3.63, 3.8) is 0 Å². The van der Waals surface area contributed by atoms with E-state index in [4.69, 9.17) is 23.2 Å². The van der Waals surface area contributed by atoms with E-state index in [2.05, 4.69) is 24.8 Å². The number of pyridine rings is 1. The SMILES string of the molecule is O=C(c1ccc(Cl)c(Cl)c1)c1cc(N2CCC(n3c(=O)[nH]c4ncccc43)CC2)ncn1. The van der Waals surface area contributed by atoms with Crippen LogP contribution in [0.5, 0.6) is 0 Å². The molecule has 8 nitrogen and oxygen atoms in total. The van der Waals surface area contributed by atoms with Crippen LogP contribution < -0.4 is 10.6 Å². The smallest absolute Gasteiger partial charge is 0.327 e. The third-order valence-electron chi connectivity index (χ3n) is 5.71. The highest BCUT2D eigenvalue weighted by atomic mass is 35.5. The first-order valence-electron chi connectivity index (χ1n) is 10.1. The summed E-state index contributed by atoms with van der Waals surface area (Å²) in [6.07, 6.45) is 4.59. The average Bonchev–Trinajstić information content (AvgIpc) is 3.16. The maximum atomic E-state index is 12.9. The summed E-state index contributed by atoms with van der Waals surface area (Å²) < 4.78 is 1.79. The number of hydrogen-bond acceptors (Lipinski definition) is 6. The van der Waals surface area contributed by atoms with Crippen LogP contribution in [0, 0.1) is 0 Å². The number of nitrogens with one attached hydrogen (secondary N) is 1. The summed E-state index contributed by atoms with van der Waals surface area (Å²) in [5.74, 6) is 0.426. The molecule has 1 aromatic carbocycles. The highest BCUT2D eigenvalue weighted by Crippen LogP contribution is 2.28. The fourth-order valence-corrected chi connectivity index (χ4v) is 4.40. The molecule has 0 aliphatic carbocycles. The number of H-pyrrole nitrogens is 1. The number of ketones is 1. The molecule has 32 heavy (non-hydrogen) atoms. The lowest BCUT2D eigenvalue weighted by molar-refractivity contribution is 0.103. The summed E-state index contributed by atoms with van der Waals surface area (Å²) in [5, 5.41) is 0.705. The zero-order valence-corrected chi connectivity index (χ0v) is 18.3. The lowest BCUT2D eigenvalue weighted by Gasteiger charge is -2.33. The number of aromatic amines is 1. The second kappa shape index (κ2) is 8.37. The average molecular weight is 469 g/mol. The third-order valence-corrected chi connectivity index (χ3v) is 6.45. The van der Waals surface area contributed by atoms with Gasteiger partial charge in [-0.3, -0.25) is 14.3 Å². The number of anilines is 1. The molecule has 4 heterocycles. The first-order chi connectivity index (χ1) is 15.5. The number of aromatic nitrogens is 5. The van der Waals surface area contributed by atoms with Crippen molar-refractivity contribution in [3.05, 3.63) is 80.7 Å². The molecule has 1 saturated heterocycles. The molecule has 0 unspecified atom stereocenters. The summed E-state index contributed by atoms with van der Waals surface area (Å²) in [4.78, 5) is 43.0. The zero-order chi connectivity index (χ0) is 22.2. The minimum absolute atomic E-state index is 0.0656. The van der Waals surface area contributed by atoms with E-state index in [0.29, 0.717) is 40.2 Å². The Labute approximate surface area is 192 Å². The summed E-state index contributed by atoms with van der Waals surface area (Å²) in [6.45, 7) is 1.39. The van der Waals surface area contributed by atoms with Gasteiger partial charge in [-0.15, -0.1) is 0 Å². The van der Waals surface area contributed by atoms with Gasteiger partial charge < -0.3 is 4.90 Å². The van der Waals surface area contributed by atoms with E-state index < -0.39 is 0 Å². The van der Waals surface area contributed by atoms with E-state index in [-0.39, 0.29) is 23.2 Å². The Hall–Kier alpha value is -3.23. The number of benzene rings is 1. The number of carbonyl (C=O) groups excluding carboxylic acids is 1. The highest BCUT2D eigenvalue weighted by molar-refractivity contribution is 6.42. The Balaban J connectivity index is 1.34. The predicted molar refractivity (Wildman–Crippen MR) is 123 cm³/mol. The first-order valence-corrected chi connectivity index (χ1v) is 10.9. The molecular formula is C22H18Cl2N6O2. The van der Waals surface area contributed by atoms with Crippen molar-refractivity contribution in [2.75, 3.05) is 18.0 Å². The van der Waals surface area contributed by atoms with Gasteiger partial charge in [-0.1, -0.05) is 23.2 Å². The van der Waals surface area contributed by atoms with E-state index in [1.807, 2.05) is 12.1 Å². The summed E-state index contributed by atoms with van der Waals surface area (Å²) >= 11 is 12.0. The van der Waals surface area contributed by atoms with Crippen LogP contribution in [0.4, 0.5) is 5.82 Å². The molecule has 0 saturated carbocycles. The molecular weight excluding hydrogens is 451 g/mol. The first kappa shape index (κ1) is 20.7. The molecule has 10 heteroatoms. The Morgan fingerprint density at radius 2 is 1.84 bits per heavy atom. The molecule has 4 aromatic rings. The van der Waals surface area contributed by atoms with Gasteiger partial charge in [-0.25, -0.2) is 19.7 Å². The largest absolute Gasteiger partial charge is 0.356 e. The fourth-order valence-electron chi connectivity index (χ4n) is 4.10. The van der Waals surface area contributed by atoms with Gasteiger partial charge in [0.1, 0.15) is 17.8 Å². The number of imidazole rings is 1. The zero-order valence-electron chi connectivity index (χ0n) is 16.8. The van der Waals surface area contributed by atoms with Crippen molar-refractivity contribution in [1.82, 2.24) is 24.5 Å². The summed E-state index contributed by atoms with van der Waals surface area (Å²) in [7, 11) is 0. The Morgan fingerprint density at radius 3 is 2.62 bits per heavy atom. The highest BCUT2D eigenvalue weighted by Gasteiger charge is 2.25. The molecule has 0 radical (unpaired) electrons. The van der Waals surface area contributed by atoms with Gasteiger partial charge >= 0.3 is 5.69 Å². The van der Waals surface area contributed by atoms with Crippen molar-refractivity contribution in [1.29, 1.82) is 0 Å². The Morgan fingerprint density at radius 1 is 1.03 bits per heavy atom. The lowest BCUT2D eigenvalue weighted by Crippen LogP contribution is -2.37. The topological polar surface area (TPSA) is 96.8 Å². The molecule has 1 aliphatic heterocycles. The second-order valence-corrected chi connectivity index (χ2v) is 8.42. The molecule has 1 aliphatic rings. The Kier molecular flexibility index (Phi) is 5.40. The van der Waals surface area contributed by atoms with Gasteiger partial charge in [-0.2, -0.15) is 0 Å². The third kappa shape index (κ3) is 3.76. The van der Waals surface area contributed by atoms with Crippen LogP contribution in [0.2, 0.25) is 10.0 Å². The van der Waals surface area contributed by atoms with Crippen LogP contribution in [-0.2, 0) is 0 Å². The molecule has 3 aromatic heterocycles. The molecule has 0 spiro atoms. The van der Waals surface area contributed by atoms with Crippen molar-refractivity contribution in [2.24, 2.45) is 0 Å². The van der Waals surface area contributed by atoms with Crippen molar-refractivity contribution >= 4 is 46.0 Å². The summed E-state index contributed by atoms with van der Waals surface area (Å²) in [5.41, 5.74) is 1.96. The second-order valence-electron chi connectivity index (χ2n) is 7.61. The molecule has 0 atom stereocenters. The molecule has 0 bridgehead atoms. The van der Waals surface area contributed by atoms with Gasteiger partial charge in [-0.05, 0) is 43.2 Å². The molecule has 1 N–H and O–H groups in total. The van der Waals surface area contributed by atoms with Crippen LogP contribution in [0.3, 0.4) is 0 Å². The number of rotatable bonds is 4. The number of carbonyl (C=O) groups is 1. The monoisotopic (exact) mass is 468 g/mol. The molecule has 5 rings (SSSR count). The number of piperidine rings is 1. The quantitative estimate of drug-likeness (QED) is 0.456. The number of fused-ring (bicyclic) bond motifs is 1. The maximum absolute atomic E-state index is 12.9. The van der Waals surface area contributed by atoms with Crippen LogP contribution in [-0.4, -0.2) is 43.4 Å². The van der Waals surface area contributed by atoms with E-state index in [1.165, 1.54) is 12.4 Å². The molecule has 162 valence electrons. The van der Waals surface area contributed by atoms with Crippen LogP contribution in [0.25, 0.3) is 11.2 Å². The van der Waals surface area contributed by atoms with Crippen molar-refractivity contribution in [3.8, 4) is 0 Å². The maximum Gasteiger partial charge on any atom is 0.327 e. The van der Waals surface area contributed by atoms with E-state index in [9.17, 15) is 9.59 Å². The number of halogens is 2. The van der Waals surface area contributed by atoms with Crippen LogP contribution >= 0.6 is 23.2 Å². The minimum atomic E-state index is -0.250. The normalized spacial score (nSPS) is 14.8. The van der Waals surface area contributed by atoms with E-state index in [0.717, 1.165) is 18.4 Å². The van der Waals surface area contributed by atoms with Crippen LogP contribution in [0.15, 0.2) is 53.7 Å². The number of nitrogens with zero attached hydrogens (tertiary/aromatic N) is 5. The number of hydrogen-bond donors (Lipinski definition) is 1. The van der Waals surface area contributed by atoms with Crippen molar-refractivity contribution in [2.45, 2.75) is 18.9 Å². The Bertz CT molecular complexity index is 1370. The molecule has 1 fully saturated rings. The lowest BCUT2D eigenvalue weighted by atomic mass is 10.0.